The second kappa shape index (κ2) is 1.96. The summed E-state index contributed by atoms with van der Waals surface area (Å²) in [4.78, 5) is 3.88. The largest absolute Gasteiger partial charge is 0.472 e. The molecule has 1 radical (unpaired) electrons. The van der Waals surface area contributed by atoms with Gasteiger partial charge in [-0.1, -0.05) is 6.92 Å². The molecule has 0 aliphatic carbocycles. The number of hydrogen-bond acceptors (Lipinski definition) is 2. The molecule has 7 heavy (non-hydrogen) atoms. The monoisotopic (exact) mass is 98.1 g/mol. The van der Waals surface area contributed by atoms with Crippen LogP contribution in [0.5, 0.6) is 0 Å². The van der Waals surface area contributed by atoms with E-state index in [2.05, 4.69) is 18.3 Å². The van der Waals surface area contributed by atoms with Crippen LogP contribution in [0, 0.1) is 0 Å². The second-order valence-electron chi connectivity index (χ2n) is 1.59. The zero-order valence-electron chi connectivity index (χ0n) is 4.35. The van der Waals surface area contributed by atoms with E-state index < -0.39 is 0 Å². The highest BCUT2D eigenvalue weighted by molar-refractivity contribution is 5.48. The molecule has 2 nitrogen and oxygen atoms in total. The molecule has 0 aromatic rings. The van der Waals surface area contributed by atoms with Crippen LogP contribution in [0.3, 0.4) is 0 Å². The zero-order valence-corrected chi connectivity index (χ0v) is 4.35. The lowest BCUT2D eigenvalue weighted by molar-refractivity contribution is 0.325. The Bertz CT molecular complexity index is 80.1. The van der Waals surface area contributed by atoms with Crippen LogP contribution < -0.4 is 0 Å². The highest BCUT2D eigenvalue weighted by Crippen LogP contribution is 2.01. The SMILES string of the molecule is CC[C@H]1CO[C]=N1. The van der Waals surface area contributed by atoms with E-state index >= 15 is 0 Å². The Balaban J connectivity index is 2.28. The minimum Gasteiger partial charge on any atom is -0.472 e. The Hall–Kier alpha value is -0.530. The molecule has 0 unspecified atom stereocenters. The van der Waals surface area contributed by atoms with Crippen LogP contribution in [-0.2, 0) is 4.74 Å². The average molecular weight is 98.1 g/mol. The van der Waals surface area contributed by atoms with E-state index in [9.17, 15) is 0 Å². The maximum Gasteiger partial charge on any atom is 0.273 e. The highest BCUT2D eigenvalue weighted by atomic mass is 16.5. The molecule has 0 N–H and O–H groups in total. The smallest absolute Gasteiger partial charge is 0.273 e. The van der Waals surface area contributed by atoms with E-state index in [1.165, 1.54) is 0 Å². The van der Waals surface area contributed by atoms with E-state index in [-0.39, 0.29) is 0 Å². The van der Waals surface area contributed by atoms with Crippen LogP contribution in [0.15, 0.2) is 4.99 Å². The topological polar surface area (TPSA) is 21.6 Å². The molecule has 0 aromatic carbocycles. The lowest BCUT2D eigenvalue weighted by Gasteiger charge is -1.95. The molecule has 1 aliphatic rings. The summed E-state index contributed by atoms with van der Waals surface area (Å²) in [5, 5.41) is 0. The van der Waals surface area contributed by atoms with Gasteiger partial charge in [0, 0.05) is 0 Å². The lowest BCUT2D eigenvalue weighted by atomic mass is 10.3. The van der Waals surface area contributed by atoms with Crippen LogP contribution in [-0.4, -0.2) is 19.0 Å². The third kappa shape index (κ3) is 0.918. The summed E-state index contributed by atoms with van der Waals surface area (Å²) >= 11 is 0. The number of nitrogens with zero attached hydrogens (tertiary/aromatic N) is 1. The van der Waals surface area contributed by atoms with E-state index in [1.54, 1.807) is 0 Å². The fraction of sp³-hybridized carbons (Fsp3) is 0.800. The zero-order chi connectivity index (χ0) is 5.11. The van der Waals surface area contributed by atoms with Gasteiger partial charge in [-0.3, -0.25) is 0 Å². The average Bonchev–Trinajstić information content (AvgIpc) is 2.14. The first-order valence-corrected chi connectivity index (χ1v) is 2.50. The molecule has 0 spiro atoms. The quantitative estimate of drug-likeness (QED) is 0.473. The van der Waals surface area contributed by atoms with Gasteiger partial charge < -0.3 is 4.74 Å². The minimum absolute atomic E-state index is 0.389. The first-order valence-electron chi connectivity index (χ1n) is 2.50. The molecule has 39 valence electrons. The Morgan fingerprint density at radius 3 is 3.14 bits per heavy atom. The first kappa shape index (κ1) is 4.62. The molecule has 1 heterocycles. The van der Waals surface area contributed by atoms with Crippen LogP contribution in [0.1, 0.15) is 13.3 Å². The van der Waals surface area contributed by atoms with Crippen molar-refractivity contribution in [2.45, 2.75) is 19.4 Å². The van der Waals surface area contributed by atoms with Crippen molar-refractivity contribution in [1.29, 1.82) is 0 Å². The van der Waals surface area contributed by atoms with Gasteiger partial charge in [0.2, 0.25) is 0 Å². The van der Waals surface area contributed by atoms with Gasteiger partial charge in [0.15, 0.2) is 0 Å². The van der Waals surface area contributed by atoms with Crippen LogP contribution in [0.2, 0.25) is 0 Å². The molecular weight excluding hydrogens is 90.1 g/mol. The number of aliphatic imine (C=N–C) groups is 1. The van der Waals surface area contributed by atoms with Gasteiger partial charge >= 0.3 is 0 Å². The van der Waals surface area contributed by atoms with Gasteiger partial charge in [0.25, 0.3) is 6.40 Å². The highest BCUT2D eigenvalue weighted by Gasteiger charge is 2.07. The third-order valence-electron chi connectivity index (χ3n) is 1.05. The molecule has 0 saturated heterocycles. The van der Waals surface area contributed by atoms with Crippen LogP contribution in [0.4, 0.5) is 0 Å². The van der Waals surface area contributed by atoms with Crippen molar-refractivity contribution in [1.82, 2.24) is 0 Å². The first-order chi connectivity index (χ1) is 3.43. The van der Waals surface area contributed by atoms with Crippen LogP contribution >= 0.6 is 0 Å². The predicted octanol–water partition coefficient (Wildman–Crippen LogP) is 0.701. The molecule has 0 amide bonds. The number of hydrogen-bond donors (Lipinski definition) is 0. The summed E-state index contributed by atoms with van der Waals surface area (Å²) < 4.78 is 4.73. The van der Waals surface area contributed by atoms with Crippen molar-refractivity contribution in [2.75, 3.05) is 6.61 Å². The van der Waals surface area contributed by atoms with Crippen LogP contribution in [0.25, 0.3) is 0 Å². The normalized spacial score (nSPS) is 27.9. The summed E-state index contributed by atoms with van der Waals surface area (Å²) in [5.41, 5.74) is 0. The summed E-state index contributed by atoms with van der Waals surface area (Å²) in [5.74, 6) is 0. The van der Waals surface area contributed by atoms with E-state index in [0.717, 1.165) is 13.0 Å². The Kier molecular flexibility index (Phi) is 1.29. The second-order valence-corrected chi connectivity index (χ2v) is 1.59. The maximum absolute atomic E-state index is 4.73. The molecule has 0 saturated carbocycles. The Labute approximate surface area is 43.2 Å². The minimum atomic E-state index is 0.389. The molecule has 1 atom stereocenters. The van der Waals surface area contributed by atoms with Gasteiger partial charge in [0.05, 0.1) is 6.04 Å². The van der Waals surface area contributed by atoms with Crippen molar-refractivity contribution in [2.24, 2.45) is 4.99 Å². The van der Waals surface area contributed by atoms with Gasteiger partial charge in [-0.2, -0.15) is 0 Å². The van der Waals surface area contributed by atoms with Crippen molar-refractivity contribution in [3.05, 3.63) is 0 Å². The molecule has 0 bridgehead atoms. The molecule has 0 aromatic heterocycles. The maximum atomic E-state index is 4.73. The van der Waals surface area contributed by atoms with Gasteiger partial charge in [-0.25, -0.2) is 4.99 Å². The molecular formula is C5H8NO. The van der Waals surface area contributed by atoms with Crippen molar-refractivity contribution >= 4 is 6.40 Å². The summed E-state index contributed by atoms with van der Waals surface area (Å²) in [6.45, 7) is 2.82. The standard InChI is InChI=1S/C5H8NO/c1-2-5-3-7-4-6-5/h5H,2-3H2,1H3/t5-/m0/s1. The summed E-state index contributed by atoms with van der Waals surface area (Å²) in [6.07, 6.45) is 3.51. The van der Waals surface area contributed by atoms with Crippen molar-refractivity contribution < 1.29 is 4.74 Å². The predicted molar refractivity (Wildman–Crippen MR) is 27.5 cm³/mol. The molecule has 2 heteroatoms. The van der Waals surface area contributed by atoms with Gasteiger partial charge in [-0.05, 0) is 6.42 Å². The lowest BCUT2D eigenvalue weighted by Crippen LogP contribution is -2.02. The summed E-state index contributed by atoms with van der Waals surface area (Å²) in [7, 11) is 0. The van der Waals surface area contributed by atoms with Crippen molar-refractivity contribution in [3.63, 3.8) is 0 Å². The molecule has 1 rings (SSSR count). The van der Waals surface area contributed by atoms with Crippen molar-refractivity contribution in [3.8, 4) is 0 Å². The third-order valence-corrected chi connectivity index (χ3v) is 1.05. The van der Waals surface area contributed by atoms with E-state index in [1.807, 2.05) is 0 Å². The Morgan fingerprint density at radius 2 is 2.86 bits per heavy atom. The van der Waals surface area contributed by atoms with Gasteiger partial charge in [0.1, 0.15) is 6.61 Å². The summed E-state index contributed by atoms with van der Waals surface area (Å²) in [6, 6.07) is 0.389. The van der Waals surface area contributed by atoms with E-state index in [0.29, 0.717) is 6.04 Å². The number of ether oxygens (including phenoxy) is 1. The fourth-order valence-electron chi connectivity index (χ4n) is 0.492. The molecule has 1 aliphatic heterocycles. The van der Waals surface area contributed by atoms with E-state index in [4.69, 9.17) is 4.74 Å². The molecule has 0 fully saturated rings. The fourth-order valence-corrected chi connectivity index (χ4v) is 0.492. The number of rotatable bonds is 1. The Morgan fingerprint density at radius 1 is 2.00 bits per heavy atom. The van der Waals surface area contributed by atoms with Gasteiger partial charge in [-0.15, -0.1) is 0 Å².